The van der Waals surface area contributed by atoms with Gasteiger partial charge < -0.3 is 13.9 Å². The summed E-state index contributed by atoms with van der Waals surface area (Å²) in [5.74, 6) is 0.228. The molecular weight excluding hydrogens is 928 g/mol. The standard InChI is InChI=1S/C55H44N4O.Pt/c1-37(2)40-31-42(34-44(32-40)60-43-27-28-48-47-21-12-13-24-49(47)59(52(48)35-43)53-33-41(29-30-56-53)55(3,4)5)57-36-58(51-26-15-14-25-50(51)57)54-45(38-17-8-6-9-18-38)22-16-23-46(54)39-19-10-7-11-20-39;/h6-33,37H,1-5H3;/q-2;/i6D,7D,8D,9D,10D,11D,17D,18D,19D,20D,37D;. The third-order valence-electron chi connectivity index (χ3n) is 10.6. The molecule has 0 spiro atoms. The minimum atomic E-state index is -1.15. The number of para-hydroxylation sites is 4. The Bertz CT molecular complexity index is 3710. The first kappa shape index (κ1) is 28.8. The zero-order chi connectivity index (χ0) is 50.6. The Morgan fingerprint density at radius 1 is 0.705 bits per heavy atom. The molecular formula is C55H44N4OPt-2. The fourth-order valence-corrected chi connectivity index (χ4v) is 7.65. The van der Waals surface area contributed by atoms with Gasteiger partial charge >= 0.3 is 0 Å². The normalized spacial score (nSPS) is 14.4. The molecule has 3 heterocycles. The number of benzene rings is 7. The Labute approximate surface area is 387 Å². The molecule has 0 saturated heterocycles. The van der Waals surface area contributed by atoms with Gasteiger partial charge in [0.1, 0.15) is 5.82 Å². The molecule has 0 amide bonds. The number of imidazole rings is 1. The van der Waals surface area contributed by atoms with Crippen molar-refractivity contribution in [2.75, 3.05) is 0 Å². The van der Waals surface area contributed by atoms with E-state index in [1.54, 1.807) is 65.4 Å². The summed E-state index contributed by atoms with van der Waals surface area (Å²) in [7, 11) is 0. The van der Waals surface area contributed by atoms with Crippen LogP contribution in [-0.2, 0) is 26.5 Å². The zero-order valence-corrected chi connectivity index (χ0v) is 36.2. The molecule has 302 valence electrons. The Hall–Kier alpha value is -6.55. The summed E-state index contributed by atoms with van der Waals surface area (Å²) >= 11 is 0. The van der Waals surface area contributed by atoms with Gasteiger partial charge in [0.2, 0.25) is 0 Å². The molecule has 0 bridgehead atoms. The van der Waals surface area contributed by atoms with Crippen LogP contribution in [0.3, 0.4) is 0 Å². The van der Waals surface area contributed by atoms with Gasteiger partial charge in [-0.2, -0.15) is 17.7 Å². The molecule has 0 aliphatic rings. The molecule has 0 atom stereocenters. The van der Waals surface area contributed by atoms with Crippen LogP contribution >= 0.6 is 0 Å². The van der Waals surface area contributed by atoms with E-state index in [0.29, 0.717) is 28.0 Å². The van der Waals surface area contributed by atoms with Crippen LogP contribution < -0.4 is 9.30 Å². The fourth-order valence-electron chi connectivity index (χ4n) is 7.65. The van der Waals surface area contributed by atoms with E-state index in [4.69, 9.17) is 23.4 Å². The number of rotatable bonds is 8. The van der Waals surface area contributed by atoms with E-state index in [9.17, 15) is 1.37 Å². The van der Waals surface area contributed by atoms with Gasteiger partial charge in [-0.25, -0.2) is 4.98 Å². The van der Waals surface area contributed by atoms with Crippen molar-refractivity contribution < 1.29 is 45.4 Å². The largest absolute Gasteiger partial charge is 0.510 e. The van der Waals surface area contributed by atoms with Gasteiger partial charge in [0.25, 0.3) is 6.33 Å². The zero-order valence-electron chi connectivity index (χ0n) is 44.9. The molecule has 0 aliphatic carbocycles. The number of hydrogen-bond acceptors (Lipinski definition) is 2. The van der Waals surface area contributed by atoms with Gasteiger partial charge in [-0.05, 0) is 68.4 Å². The SMILES string of the molecule is [2H]c1c([2H])c([2H])c(-c2cccc(-c3c([2H])c([2H])c([2H])c([2H])c3[2H])c2-[n+]2[c-]n(-c3[c-]c(Oc4[c-]c5c(cc4)c4ccccc4n5-c4cc(C(C)(C)C)ccn4)cc(C([2H])(C)C)c3)c3ccccc32)c([2H])c1[2H].[Pt]. The van der Waals surface area contributed by atoms with Crippen LogP contribution in [0.1, 0.15) is 66.7 Å². The van der Waals surface area contributed by atoms with Crippen LogP contribution in [0.25, 0.3) is 72.3 Å². The molecule has 5 nitrogen and oxygen atoms in total. The van der Waals surface area contributed by atoms with Gasteiger partial charge in [-0.15, -0.1) is 29.7 Å². The smallest absolute Gasteiger partial charge is 0.268 e. The van der Waals surface area contributed by atoms with E-state index in [0.717, 1.165) is 33.2 Å². The van der Waals surface area contributed by atoms with Gasteiger partial charge in [0, 0.05) is 45.6 Å². The van der Waals surface area contributed by atoms with Gasteiger partial charge in [-0.3, -0.25) is 4.57 Å². The van der Waals surface area contributed by atoms with Crippen molar-refractivity contribution in [3.05, 3.63) is 199 Å². The molecule has 6 heteroatoms. The molecule has 3 aromatic heterocycles. The summed E-state index contributed by atoms with van der Waals surface area (Å²) in [6.45, 7) is 9.99. The summed E-state index contributed by atoms with van der Waals surface area (Å²) < 4.78 is 109. The van der Waals surface area contributed by atoms with E-state index in [1.807, 2.05) is 48.7 Å². The minimum Gasteiger partial charge on any atom is -0.510 e. The molecule has 0 unspecified atom stereocenters. The number of aromatic nitrogens is 4. The van der Waals surface area contributed by atoms with Crippen LogP contribution in [0.5, 0.6) is 11.5 Å². The van der Waals surface area contributed by atoms with E-state index in [-0.39, 0.29) is 60.2 Å². The second kappa shape index (κ2) is 16.1. The van der Waals surface area contributed by atoms with E-state index >= 15 is 0 Å². The second-order valence-electron chi connectivity index (χ2n) is 15.8. The van der Waals surface area contributed by atoms with Crippen molar-refractivity contribution in [2.24, 2.45) is 0 Å². The molecule has 61 heavy (non-hydrogen) atoms. The molecule has 0 radical (unpaired) electrons. The van der Waals surface area contributed by atoms with E-state index in [1.165, 1.54) is 0 Å². The fraction of sp³-hybridized carbons (Fsp3) is 0.127. The number of hydrogen-bond donors (Lipinski definition) is 0. The van der Waals surface area contributed by atoms with Crippen molar-refractivity contribution in [1.29, 1.82) is 0 Å². The van der Waals surface area contributed by atoms with Crippen molar-refractivity contribution in [3.8, 4) is 50.9 Å². The third-order valence-corrected chi connectivity index (χ3v) is 10.6. The monoisotopic (exact) mass is 982 g/mol. The Morgan fingerprint density at radius 3 is 2.07 bits per heavy atom. The average Bonchev–Trinajstić information content (AvgIpc) is 3.89. The summed E-state index contributed by atoms with van der Waals surface area (Å²) in [6.07, 6.45) is 5.23. The van der Waals surface area contributed by atoms with Crippen molar-refractivity contribution in [2.45, 2.75) is 45.9 Å². The predicted octanol–water partition coefficient (Wildman–Crippen LogP) is 13.3. The Morgan fingerprint density at radius 2 is 1.38 bits per heavy atom. The predicted molar refractivity (Wildman–Crippen MR) is 244 cm³/mol. The Balaban J connectivity index is 0.00000640. The first-order chi connectivity index (χ1) is 33.6. The summed E-state index contributed by atoms with van der Waals surface area (Å²) in [5.41, 5.74) is 4.75. The second-order valence-corrected chi connectivity index (χ2v) is 15.8. The maximum Gasteiger partial charge on any atom is 0.268 e. The third kappa shape index (κ3) is 7.38. The number of ether oxygens (including phenoxy) is 1. The van der Waals surface area contributed by atoms with Gasteiger partial charge in [0.05, 0.1) is 30.4 Å². The number of pyridine rings is 1. The topological polar surface area (TPSA) is 35.9 Å². The molecule has 0 aliphatic heterocycles. The summed E-state index contributed by atoms with van der Waals surface area (Å²) in [4.78, 5) is 4.81. The van der Waals surface area contributed by atoms with E-state index < -0.39 is 66.3 Å². The molecule has 10 aromatic rings. The van der Waals surface area contributed by atoms with Crippen LogP contribution in [0.4, 0.5) is 0 Å². The quantitative estimate of drug-likeness (QED) is 0.112. The van der Waals surface area contributed by atoms with Gasteiger partial charge in [0.15, 0.2) is 0 Å². The molecule has 0 saturated carbocycles. The first-order valence-electron chi connectivity index (χ1n) is 25.1. The van der Waals surface area contributed by atoms with Crippen molar-refractivity contribution in [3.63, 3.8) is 0 Å². The summed E-state index contributed by atoms with van der Waals surface area (Å²) in [5, 5.41) is 1.97. The molecule has 10 rings (SSSR count). The average molecular weight is 983 g/mol. The molecule has 7 aromatic carbocycles. The van der Waals surface area contributed by atoms with Crippen LogP contribution in [0, 0.1) is 18.5 Å². The maximum atomic E-state index is 9.22. The van der Waals surface area contributed by atoms with Crippen molar-refractivity contribution >= 4 is 32.8 Å². The molecule has 0 N–H and O–H groups in total. The van der Waals surface area contributed by atoms with Crippen LogP contribution in [0.2, 0.25) is 0 Å². The number of fused-ring (bicyclic) bond motifs is 4. The van der Waals surface area contributed by atoms with Crippen LogP contribution in [0.15, 0.2) is 170 Å². The maximum absolute atomic E-state index is 9.22. The van der Waals surface area contributed by atoms with Crippen LogP contribution in [-0.4, -0.2) is 14.1 Å². The Kier molecular flexibility index (Phi) is 7.63. The minimum absolute atomic E-state index is 0. The number of nitrogens with zero attached hydrogens (tertiary/aromatic N) is 4. The van der Waals surface area contributed by atoms with Crippen molar-refractivity contribution in [1.82, 2.24) is 14.1 Å². The first-order valence-corrected chi connectivity index (χ1v) is 19.6. The van der Waals surface area contributed by atoms with Gasteiger partial charge in [-0.1, -0.05) is 161 Å². The molecule has 0 fully saturated rings. The van der Waals surface area contributed by atoms with E-state index in [2.05, 4.69) is 62.0 Å². The summed E-state index contributed by atoms with van der Waals surface area (Å²) in [6, 6.07) is 33.0.